The normalized spacial score (nSPS) is 5.20. The summed E-state index contributed by atoms with van der Waals surface area (Å²) in [4.78, 5) is 0. The van der Waals surface area contributed by atoms with Gasteiger partial charge in [0.05, 0.1) is 0 Å². The number of rotatable bonds is 0. The van der Waals surface area contributed by atoms with Gasteiger partial charge in [0.15, 0.2) is 0 Å². The molecule has 0 aromatic carbocycles. The Morgan fingerprint density at radius 3 is 1.40 bits per heavy atom. The van der Waals surface area contributed by atoms with Crippen molar-refractivity contribution in [1.82, 2.24) is 0 Å². The van der Waals surface area contributed by atoms with E-state index in [2.05, 4.69) is 0 Å². The summed E-state index contributed by atoms with van der Waals surface area (Å²) < 4.78 is 25.8. The first-order chi connectivity index (χ1) is 1.73. The summed E-state index contributed by atoms with van der Waals surface area (Å²) in [6, 6.07) is 0. The molecule has 0 heterocycles. The average Bonchev–Trinajstić information content (AvgIpc) is 0.811. The first kappa shape index (κ1) is 9.56. The Kier molecular flexibility index (Phi) is 10.1. The Bertz CT molecular complexity index is 29.9. The molecule has 0 bridgehead atoms. The third-order valence-corrected chi connectivity index (χ3v) is 0. The van der Waals surface area contributed by atoms with Gasteiger partial charge in [0.25, 0.3) is 0 Å². The Balaban J connectivity index is 0. The molecule has 0 radical (unpaired) electrons. The van der Waals surface area contributed by atoms with Crippen LogP contribution in [0.2, 0.25) is 0 Å². The number of hydrogen-bond acceptors (Lipinski definition) is 3. The van der Waals surface area contributed by atoms with Crippen LogP contribution >= 0.6 is 0 Å². The molecule has 0 aromatic heterocycles. The fraction of sp³-hybridized carbons (Fsp3) is 0. The van der Waals surface area contributed by atoms with Gasteiger partial charge in [-0.05, 0) is 0 Å². The van der Waals surface area contributed by atoms with Crippen molar-refractivity contribution in [2.45, 2.75) is 0 Å². The van der Waals surface area contributed by atoms with Crippen molar-refractivity contribution in [3.8, 4) is 0 Å². The molecule has 0 rings (SSSR count). The minimum atomic E-state index is -4.29. The van der Waals surface area contributed by atoms with Gasteiger partial charge in [-0.1, -0.05) is 0 Å². The van der Waals surface area contributed by atoms with Gasteiger partial charge in [0.2, 0.25) is 0 Å². The van der Waals surface area contributed by atoms with Crippen LogP contribution in [-0.4, -0.2) is 43.6 Å². The maximum atomic E-state index is 8.61. The van der Waals surface area contributed by atoms with Crippen molar-refractivity contribution >= 4 is 43.6 Å². The van der Waals surface area contributed by atoms with Gasteiger partial charge in [-0.2, -0.15) is 0 Å². The third kappa shape index (κ3) is 34.5. The fourth-order valence-corrected chi connectivity index (χ4v) is 0. The summed E-state index contributed by atoms with van der Waals surface area (Å²) in [5, 5.41) is 0. The Hall–Kier alpha value is 1.28. The van der Waals surface area contributed by atoms with Crippen molar-refractivity contribution in [2.75, 3.05) is 0 Å². The van der Waals surface area contributed by atoms with Gasteiger partial charge in [-0.3, -0.25) is 0 Å². The molecule has 0 saturated heterocycles. The second-order valence-electron chi connectivity index (χ2n) is 0.250. The summed E-state index contributed by atoms with van der Waals surface area (Å²) in [6.07, 6.45) is 0. The Morgan fingerprint density at radius 2 is 1.40 bits per heavy atom. The summed E-state index contributed by atoms with van der Waals surface area (Å²) in [7, 11) is 0. The minimum absolute atomic E-state index is 0. The number of hydrogen-bond donors (Lipinski definition) is 0. The molecule has 0 aliphatic rings. The van der Waals surface area contributed by atoms with E-state index in [1.54, 1.807) is 0 Å². The molecule has 0 saturated carbocycles. The molecule has 0 aliphatic carbocycles. The van der Waals surface area contributed by atoms with E-state index in [1.165, 1.54) is 0 Å². The van der Waals surface area contributed by atoms with Crippen LogP contribution in [0.15, 0.2) is 0 Å². The zero-order valence-corrected chi connectivity index (χ0v) is 6.70. The van der Waals surface area contributed by atoms with Crippen LogP contribution in [0.3, 0.4) is 0 Å². The predicted octanol–water partition coefficient (Wildman–Crippen LogP) is -3.26. The topological polar surface area (TPSA) is 63.2 Å². The molecule has 0 aromatic rings. The predicted molar refractivity (Wildman–Crippen MR) is 12.2 cm³/mol. The molecule has 24 valence electrons. The average molecular weight is 191 g/mol. The second-order valence-corrected chi connectivity index (χ2v) is 1.68. The summed E-state index contributed by atoms with van der Waals surface area (Å²) in [6.45, 7) is 0. The van der Waals surface area contributed by atoms with Gasteiger partial charge in [0, 0.05) is 0 Å². The van der Waals surface area contributed by atoms with Crippen LogP contribution in [0.25, 0.3) is 0 Å². The maximum absolute atomic E-state index is 8.61. The quantitative estimate of drug-likeness (QED) is 0.377. The molecule has 0 fully saturated rings. The first-order valence-electron chi connectivity index (χ1n) is 0.612. The van der Waals surface area contributed by atoms with Crippen molar-refractivity contribution in [3.05, 3.63) is 0 Å². The zero-order valence-electron chi connectivity index (χ0n) is 2.43. The van der Waals surface area contributed by atoms with E-state index in [4.69, 9.17) is 9.96 Å². The molecule has 5 heavy (non-hydrogen) atoms. The van der Waals surface area contributed by atoms with E-state index >= 15 is 0 Å². The Labute approximate surface area is 53.4 Å². The third-order valence-electron chi connectivity index (χ3n) is 0. The van der Waals surface area contributed by atoms with Crippen LogP contribution in [0, 0.1) is 0 Å². The van der Waals surface area contributed by atoms with Crippen LogP contribution in [0.4, 0.5) is 0 Å². The van der Waals surface area contributed by atoms with Gasteiger partial charge in [-0.25, -0.2) is 0 Å². The fourth-order valence-electron chi connectivity index (χ4n) is 0. The van der Waals surface area contributed by atoms with Crippen LogP contribution in [0.1, 0.15) is 0 Å². The summed E-state index contributed by atoms with van der Waals surface area (Å²) >= 11 is -4.29. The van der Waals surface area contributed by atoms with E-state index in [0.29, 0.717) is 0 Å². The SMILES string of the molecule is [Mg+2].[O]=[Sn]([O-])[O-]. The van der Waals surface area contributed by atoms with Crippen LogP contribution in [-0.2, 0) is 3.08 Å². The first-order valence-corrected chi connectivity index (χ1v) is 4.11. The molecule has 5 heteroatoms. The molecule has 0 amide bonds. The van der Waals surface area contributed by atoms with Crippen LogP contribution < -0.4 is 6.89 Å². The standard InChI is InChI=1S/Mg.3O.Sn/q+2;;2*-1;. The zero-order chi connectivity index (χ0) is 3.58. The van der Waals surface area contributed by atoms with Gasteiger partial charge >= 0.3 is 53.6 Å². The molecular weight excluding hydrogens is 191 g/mol. The molecule has 0 N–H and O–H groups in total. The van der Waals surface area contributed by atoms with Crippen LogP contribution in [0.5, 0.6) is 0 Å². The van der Waals surface area contributed by atoms with Crippen molar-refractivity contribution in [3.63, 3.8) is 0 Å². The molecule has 0 spiro atoms. The van der Waals surface area contributed by atoms with E-state index in [0.717, 1.165) is 0 Å². The molecule has 0 aliphatic heterocycles. The van der Waals surface area contributed by atoms with Gasteiger partial charge < -0.3 is 0 Å². The van der Waals surface area contributed by atoms with Crippen molar-refractivity contribution in [2.24, 2.45) is 0 Å². The monoisotopic (exact) mass is 192 g/mol. The van der Waals surface area contributed by atoms with E-state index in [1.807, 2.05) is 0 Å². The van der Waals surface area contributed by atoms with E-state index < -0.39 is 20.6 Å². The summed E-state index contributed by atoms with van der Waals surface area (Å²) in [5.74, 6) is 0. The molecule has 3 nitrogen and oxygen atoms in total. The summed E-state index contributed by atoms with van der Waals surface area (Å²) in [5.41, 5.74) is 0. The molecular formula is MgO3Sn. The van der Waals surface area contributed by atoms with Gasteiger partial charge in [-0.15, -0.1) is 0 Å². The van der Waals surface area contributed by atoms with E-state index in [9.17, 15) is 0 Å². The van der Waals surface area contributed by atoms with Crippen molar-refractivity contribution in [1.29, 1.82) is 0 Å². The Morgan fingerprint density at radius 1 is 1.40 bits per heavy atom. The molecule has 0 unspecified atom stereocenters. The van der Waals surface area contributed by atoms with Crippen molar-refractivity contribution < 1.29 is 9.96 Å². The van der Waals surface area contributed by atoms with E-state index in [-0.39, 0.29) is 23.1 Å². The van der Waals surface area contributed by atoms with Gasteiger partial charge in [0.1, 0.15) is 0 Å². The molecule has 0 atom stereocenters. The second kappa shape index (κ2) is 5.28.